The Bertz CT molecular complexity index is 315. The molecule has 84 valence electrons. The van der Waals surface area contributed by atoms with Gasteiger partial charge in [-0.15, -0.1) is 0 Å². The molecule has 0 spiro atoms. The number of aliphatic hydroxyl groups excluding tert-OH is 1. The maximum atomic E-state index is 9.03. The number of aliphatic hydroxyl groups is 1. The van der Waals surface area contributed by atoms with Crippen molar-refractivity contribution in [2.75, 3.05) is 24.8 Å². The Morgan fingerprint density at radius 1 is 1.60 bits per heavy atom. The fraction of sp³-hybridized carbons (Fsp3) is 0.556. The van der Waals surface area contributed by atoms with Gasteiger partial charge in [0.25, 0.3) is 0 Å². The van der Waals surface area contributed by atoms with Gasteiger partial charge in [0.1, 0.15) is 12.0 Å². The second-order valence-corrected chi connectivity index (χ2v) is 3.08. The van der Waals surface area contributed by atoms with Crippen molar-refractivity contribution in [1.29, 1.82) is 0 Å². The molecule has 0 fully saturated rings. The maximum Gasteiger partial charge on any atom is 0.242 e. The van der Waals surface area contributed by atoms with Crippen LogP contribution in [0.1, 0.15) is 13.3 Å². The molecule has 0 radical (unpaired) electrons. The van der Waals surface area contributed by atoms with E-state index in [0.717, 1.165) is 6.42 Å². The zero-order valence-corrected chi connectivity index (χ0v) is 8.90. The third kappa shape index (κ3) is 2.69. The monoisotopic (exact) mass is 212 g/mol. The predicted molar refractivity (Wildman–Crippen MR) is 57.8 cm³/mol. The average molecular weight is 212 g/mol. The first-order chi connectivity index (χ1) is 7.22. The minimum Gasteiger partial charge on any atom is -0.479 e. The Labute approximate surface area is 88.5 Å². The number of nitrogens with two attached hydrogens (primary N) is 1. The SMILES string of the molecule is CCC(CO)Nc1ncnc(OC)c1N. The lowest BCUT2D eigenvalue weighted by Crippen LogP contribution is -2.24. The van der Waals surface area contributed by atoms with Crippen LogP contribution in [0.5, 0.6) is 5.88 Å². The zero-order chi connectivity index (χ0) is 11.3. The predicted octanol–water partition coefficient (Wildman–Crippen LogP) is 0.250. The minimum absolute atomic E-state index is 0.0300. The maximum absolute atomic E-state index is 9.03. The molecule has 1 aromatic rings. The number of anilines is 2. The molecular formula is C9H16N4O2. The second kappa shape index (κ2) is 5.35. The Hall–Kier alpha value is -1.56. The minimum atomic E-state index is -0.0630. The first-order valence-electron chi connectivity index (χ1n) is 4.74. The van der Waals surface area contributed by atoms with E-state index in [4.69, 9.17) is 15.6 Å². The highest BCUT2D eigenvalue weighted by Gasteiger charge is 2.11. The summed E-state index contributed by atoms with van der Waals surface area (Å²) in [5.41, 5.74) is 6.11. The summed E-state index contributed by atoms with van der Waals surface area (Å²) in [5.74, 6) is 0.822. The number of rotatable bonds is 5. The van der Waals surface area contributed by atoms with Gasteiger partial charge in [0.15, 0.2) is 5.82 Å². The molecule has 0 aliphatic rings. The van der Waals surface area contributed by atoms with Gasteiger partial charge < -0.3 is 20.9 Å². The molecule has 0 aliphatic carbocycles. The van der Waals surface area contributed by atoms with Crippen molar-refractivity contribution < 1.29 is 9.84 Å². The van der Waals surface area contributed by atoms with E-state index in [1.165, 1.54) is 13.4 Å². The van der Waals surface area contributed by atoms with Gasteiger partial charge in [0, 0.05) is 0 Å². The van der Waals surface area contributed by atoms with Crippen LogP contribution in [0.2, 0.25) is 0 Å². The standard InChI is InChI=1S/C9H16N4O2/c1-3-6(4-14)13-8-7(10)9(15-2)12-5-11-8/h5-6,14H,3-4,10H2,1-2H3,(H,11,12,13). The summed E-state index contributed by atoms with van der Waals surface area (Å²) in [7, 11) is 1.49. The lowest BCUT2D eigenvalue weighted by molar-refractivity contribution is 0.271. The summed E-state index contributed by atoms with van der Waals surface area (Å²) in [4.78, 5) is 7.84. The van der Waals surface area contributed by atoms with E-state index in [1.54, 1.807) is 0 Å². The lowest BCUT2D eigenvalue weighted by atomic mass is 10.2. The van der Waals surface area contributed by atoms with E-state index >= 15 is 0 Å². The van der Waals surface area contributed by atoms with Crippen molar-refractivity contribution in [3.05, 3.63) is 6.33 Å². The van der Waals surface area contributed by atoms with Crippen LogP contribution >= 0.6 is 0 Å². The Kier molecular flexibility index (Phi) is 4.11. The molecule has 1 heterocycles. The molecule has 0 saturated carbocycles. The number of methoxy groups -OCH3 is 1. The van der Waals surface area contributed by atoms with Gasteiger partial charge in [0.05, 0.1) is 19.8 Å². The summed E-state index contributed by atoms with van der Waals surface area (Å²) in [5, 5.41) is 12.0. The van der Waals surface area contributed by atoms with Crippen LogP contribution in [-0.4, -0.2) is 34.8 Å². The highest BCUT2D eigenvalue weighted by molar-refractivity contribution is 5.66. The third-order valence-electron chi connectivity index (χ3n) is 2.09. The molecule has 0 aromatic carbocycles. The molecule has 6 nitrogen and oxygen atoms in total. The van der Waals surface area contributed by atoms with Crippen molar-refractivity contribution in [2.45, 2.75) is 19.4 Å². The van der Waals surface area contributed by atoms with Crippen LogP contribution in [0, 0.1) is 0 Å². The van der Waals surface area contributed by atoms with Crippen molar-refractivity contribution in [2.24, 2.45) is 0 Å². The van der Waals surface area contributed by atoms with Gasteiger partial charge in [-0.3, -0.25) is 0 Å². The molecule has 4 N–H and O–H groups in total. The molecular weight excluding hydrogens is 196 g/mol. The average Bonchev–Trinajstić information content (AvgIpc) is 2.28. The van der Waals surface area contributed by atoms with E-state index in [-0.39, 0.29) is 12.6 Å². The summed E-state index contributed by atoms with van der Waals surface area (Å²) in [6.45, 7) is 1.99. The first kappa shape index (κ1) is 11.5. The number of nitrogens with zero attached hydrogens (tertiary/aromatic N) is 2. The number of nitrogen functional groups attached to an aromatic ring is 1. The van der Waals surface area contributed by atoms with Crippen LogP contribution in [0.3, 0.4) is 0 Å². The van der Waals surface area contributed by atoms with Crippen molar-refractivity contribution in [3.8, 4) is 5.88 Å². The fourth-order valence-corrected chi connectivity index (χ4v) is 1.13. The molecule has 0 amide bonds. The molecule has 0 aliphatic heterocycles. The normalized spacial score (nSPS) is 12.2. The van der Waals surface area contributed by atoms with Gasteiger partial charge in [-0.1, -0.05) is 6.92 Å². The highest BCUT2D eigenvalue weighted by Crippen LogP contribution is 2.24. The highest BCUT2D eigenvalue weighted by atomic mass is 16.5. The van der Waals surface area contributed by atoms with Gasteiger partial charge in [0.2, 0.25) is 5.88 Å². The molecule has 1 aromatic heterocycles. The topological polar surface area (TPSA) is 93.3 Å². The Morgan fingerprint density at radius 3 is 2.87 bits per heavy atom. The summed E-state index contributed by atoms with van der Waals surface area (Å²) in [6.07, 6.45) is 2.14. The molecule has 15 heavy (non-hydrogen) atoms. The Balaban J connectivity index is 2.85. The zero-order valence-electron chi connectivity index (χ0n) is 8.90. The molecule has 1 rings (SSSR count). The largest absolute Gasteiger partial charge is 0.479 e. The molecule has 0 bridgehead atoms. The van der Waals surface area contributed by atoms with Crippen molar-refractivity contribution in [3.63, 3.8) is 0 Å². The van der Waals surface area contributed by atoms with Crippen LogP contribution in [0.25, 0.3) is 0 Å². The van der Waals surface area contributed by atoms with E-state index in [1.807, 2.05) is 6.92 Å². The van der Waals surface area contributed by atoms with E-state index in [2.05, 4.69) is 15.3 Å². The van der Waals surface area contributed by atoms with Crippen LogP contribution < -0.4 is 15.8 Å². The van der Waals surface area contributed by atoms with E-state index < -0.39 is 0 Å². The van der Waals surface area contributed by atoms with E-state index in [0.29, 0.717) is 17.4 Å². The number of aromatic nitrogens is 2. The lowest BCUT2D eigenvalue weighted by Gasteiger charge is -2.16. The smallest absolute Gasteiger partial charge is 0.242 e. The van der Waals surface area contributed by atoms with Gasteiger partial charge >= 0.3 is 0 Å². The van der Waals surface area contributed by atoms with Crippen molar-refractivity contribution in [1.82, 2.24) is 9.97 Å². The molecule has 0 saturated heterocycles. The van der Waals surface area contributed by atoms with Crippen LogP contribution in [0.4, 0.5) is 11.5 Å². The van der Waals surface area contributed by atoms with Gasteiger partial charge in [-0.25, -0.2) is 4.98 Å². The summed E-state index contributed by atoms with van der Waals surface area (Å²) in [6, 6.07) is -0.0630. The number of hydrogen-bond donors (Lipinski definition) is 3. The number of hydrogen-bond acceptors (Lipinski definition) is 6. The van der Waals surface area contributed by atoms with Crippen LogP contribution in [0.15, 0.2) is 6.33 Å². The molecule has 1 atom stereocenters. The molecule has 1 unspecified atom stereocenters. The van der Waals surface area contributed by atoms with Crippen molar-refractivity contribution >= 4 is 11.5 Å². The third-order valence-corrected chi connectivity index (χ3v) is 2.09. The summed E-state index contributed by atoms with van der Waals surface area (Å²) >= 11 is 0. The van der Waals surface area contributed by atoms with E-state index in [9.17, 15) is 0 Å². The second-order valence-electron chi connectivity index (χ2n) is 3.08. The summed E-state index contributed by atoms with van der Waals surface area (Å²) < 4.78 is 4.96. The van der Waals surface area contributed by atoms with Gasteiger partial charge in [-0.2, -0.15) is 4.98 Å². The van der Waals surface area contributed by atoms with Gasteiger partial charge in [-0.05, 0) is 6.42 Å². The Morgan fingerprint density at radius 2 is 2.33 bits per heavy atom. The quantitative estimate of drug-likeness (QED) is 0.647. The number of ether oxygens (including phenoxy) is 1. The van der Waals surface area contributed by atoms with Crippen LogP contribution in [-0.2, 0) is 0 Å². The molecule has 6 heteroatoms. The number of nitrogens with one attached hydrogen (secondary N) is 1. The fourth-order valence-electron chi connectivity index (χ4n) is 1.13. The first-order valence-corrected chi connectivity index (χ1v) is 4.74.